The highest BCUT2D eigenvalue weighted by molar-refractivity contribution is 5.84. The van der Waals surface area contributed by atoms with Crippen molar-refractivity contribution in [2.45, 2.75) is 13.8 Å². The van der Waals surface area contributed by atoms with Crippen LogP contribution in [0.25, 0.3) is 22.4 Å². The molecule has 19 heavy (non-hydrogen) atoms. The van der Waals surface area contributed by atoms with Gasteiger partial charge in [-0.15, -0.1) is 0 Å². The van der Waals surface area contributed by atoms with Gasteiger partial charge in [0.15, 0.2) is 5.82 Å². The van der Waals surface area contributed by atoms with E-state index in [1.165, 1.54) is 0 Å². The molecule has 4 nitrogen and oxygen atoms in total. The van der Waals surface area contributed by atoms with Crippen molar-refractivity contribution in [2.24, 2.45) is 0 Å². The van der Waals surface area contributed by atoms with Gasteiger partial charge in [0.1, 0.15) is 11.5 Å². The fourth-order valence-electron chi connectivity index (χ4n) is 2.17. The van der Waals surface area contributed by atoms with Gasteiger partial charge in [-0.1, -0.05) is 18.2 Å². The van der Waals surface area contributed by atoms with Crippen molar-refractivity contribution in [3.8, 4) is 11.5 Å². The van der Waals surface area contributed by atoms with E-state index in [2.05, 4.69) is 27.9 Å². The predicted molar refractivity (Wildman–Crippen MR) is 76.7 cm³/mol. The second-order valence-electron chi connectivity index (χ2n) is 4.60. The van der Waals surface area contributed by atoms with Crippen molar-refractivity contribution in [3.63, 3.8) is 0 Å². The Balaban J connectivity index is 2.25. The maximum Gasteiger partial charge on any atom is 0.180 e. The number of para-hydroxylation sites is 1. The Hall–Kier alpha value is -2.49. The van der Waals surface area contributed by atoms with Crippen LogP contribution in [-0.2, 0) is 0 Å². The molecule has 0 aliphatic heterocycles. The number of nitrogens with two attached hydrogens (primary N) is 1. The normalized spacial score (nSPS) is 10.8. The number of rotatable bonds is 1. The van der Waals surface area contributed by atoms with Gasteiger partial charge in [-0.2, -0.15) is 0 Å². The van der Waals surface area contributed by atoms with E-state index in [4.69, 9.17) is 5.73 Å². The van der Waals surface area contributed by atoms with Crippen molar-refractivity contribution in [1.82, 2.24) is 15.0 Å². The molecular weight excluding hydrogens is 236 g/mol. The molecule has 0 aliphatic carbocycles. The minimum absolute atomic E-state index is 0.468. The van der Waals surface area contributed by atoms with Gasteiger partial charge < -0.3 is 5.73 Å². The molecule has 3 rings (SSSR count). The van der Waals surface area contributed by atoms with E-state index in [9.17, 15) is 0 Å². The molecule has 0 radical (unpaired) electrons. The van der Waals surface area contributed by atoms with Crippen LogP contribution in [0.5, 0.6) is 0 Å². The lowest BCUT2D eigenvalue weighted by atomic mass is 10.1. The van der Waals surface area contributed by atoms with Gasteiger partial charge in [-0.3, -0.25) is 0 Å². The maximum atomic E-state index is 5.77. The largest absolute Gasteiger partial charge is 0.384 e. The van der Waals surface area contributed by atoms with Crippen LogP contribution in [0.2, 0.25) is 0 Å². The Bertz CT molecular complexity index is 745. The average molecular weight is 250 g/mol. The van der Waals surface area contributed by atoms with E-state index in [1.807, 2.05) is 31.2 Å². The average Bonchev–Trinajstić information content (AvgIpc) is 2.37. The van der Waals surface area contributed by atoms with E-state index in [0.29, 0.717) is 11.6 Å². The third-order valence-electron chi connectivity index (χ3n) is 3.03. The summed E-state index contributed by atoms with van der Waals surface area (Å²) in [4.78, 5) is 13.3. The Morgan fingerprint density at radius 3 is 2.53 bits per heavy atom. The minimum Gasteiger partial charge on any atom is -0.384 e. The Morgan fingerprint density at radius 1 is 0.947 bits per heavy atom. The number of hydrogen-bond donors (Lipinski definition) is 1. The van der Waals surface area contributed by atoms with E-state index in [0.717, 1.165) is 27.9 Å². The van der Waals surface area contributed by atoms with Gasteiger partial charge in [-0.25, -0.2) is 15.0 Å². The molecule has 0 saturated heterocycles. The van der Waals surface area contributed by atoms with E-state index in [1.54, 1.807) is 6.07 Å². The van der Waals surface area contributed by atoms with E-state index in [-0.39, 0.29) is 0 Å². The lowest BCUT2D eigenvalue weighted by molar-refractivity contribution is 1.10. The summed E-state index contributed by atoms with van der Waals surface area (Å²) in [5.74, 6) is 1.04. The Morgan fingerprint density at radius 2 is 1.74 bits per heavy atom. The summed E-state index contributed by atoms with van der Waals surface area (Å²) in [5, 5.41) is 1.15. The van der Waals surface area contributed by atoms with Crippen LogP contribution in [0.15, 0.2) is 36.4 Å². The van der Waals surface area contributed by atoms with Gasteiger partial charge in [0.05, 0.1) is 5.52 Å². The Labute approximate surface area is 111 Å². The number of benzene rings is 1. The van der Waals surface area contributed by atoms with Crippen molar-refractivity contribution in [1.29, 1.82) is 0 Å². The van der Waals surface area contributed by atoms with Gasteiger partial charge in [0.2, 0.25) is 0 Å². The standard InChI is InChI=1S/C15H14N4/c1-9-7-13(15-17-10(2)8-14(16)19-15)18-12-6-4-3-5-11(9)12/h3-8H,1-2H3,(H2,16,17,19). The van der Waals surface area contributed by atoms with Gasteiger partial charge >= 0.3 is 0 Å². The van der Waals surface area contributed by atoms with Crippen LogP contribution in [0.4, 0.5) is 5.82 Å². The lowest BCUT2D eigenvalue weighted by Crippen LogP contribution is -1.99. The summed E-state index contributed by atoms with van der Waals surface area (Å²) < 4.78 is 0. The summed E-state index contributed by atoms with van der Waals surface area (Å²) in [6.45, 7) is 3.96. The molecule has 4 heteroatoms. The summed E-state index contributed by atoms with van der Waals surface area (Å²) >= 11 is 0. The third kappa shape index (κ3) is 2.12. The summed E-state index contributed by atoms with van der Waals surface area (Å²) in [6, 6.07) is 11.8. The molecule has 0 amide bonds. The van der Waals surface area contributed by atoms with Crippen molar-refractivity contribution >= 4 is 16.7 Å². The second-order valence-corrected chi connectivity index (χ2v) is 4.60. The highest BCUT2D eigenvalue weighted by Gasteiger charge is 2.08. The van der Waals surface area contributed by atoms with Crippen molar-refractivity contribution in [2.75, 3.05) is 5.73 Å². The molecule has 1 aromatic carbocycles. The quantitative estimate of drug-likeness (QED) is 0.721. The zero-order chi connectivity index (χ0) is 13.4. The van der Waals surface area contributed by atoms with Crippen LogP contribution in [0.1, 0.15) is 11.3 Å². The first-order valence-corrected chi connectivity index (χ1v) is 6.11. The van der Waals surface area contributed by atoms with Crippen LogP contribution >= 0.6 is 0 Å². The molecule has 0 atom stereocenters. The zero-order valence-corrected chi connectivity index (χ0v) is 10.9. The molecule has 0 saturated carbocycles. The predicted octanol–water partition coefficient (Wildman–Crippen LogP) is 2.89. The van der Waals surface area contributed by atoms with Crippen molar-refractivity contribution in [3.05, 3.63) is 47.7 Å². The molecule has 0 spiro atoms. The number of pyridine rings is 1. The third-order valence-corrected chi connectivity index (χ3v) is 3.03. The molecule has 0 aliphatic rings. The highest BCUT2D eigenvalue weighted by Crippen LogP contribution is 2.22. The molecule has 2 aromatic heterocycles. The molecule has 94 valence electrons. The first-order valence-electron chi connectivity index (χ1n) is 6.11. The van der Waals surface area contributed by atoms with Crippen LogP contribution in [-0.4, -0.2) is 15.0 Å². The number of hydrogen-bond acceptors (Lipinski definition) is 4. The maximum absolute atomic E-state index is 5.77. The smallest absolute Gasteiger partial charge is 0.180 e. The van der Waals surface area contributed by atoms with E-state index < -0.39 is 0 Å². The second kappa shape index (κ2) is 4.31. The number of anilines is 1. The van der Waals surface area contributed by atoms with E-state index >= 15 is 0 Å². The highest BCUT2D eigenvalue weighted by atomic mass is 15.0. The molecular formula is C15H14N4. The van der Waals surface area contributed by atoms with Gasteiger partial charge in [0.25, 0.3) is 0 Å². The van der Waals surface area contributed by atoms with Crippen molar-refractivity contribution < 1.29 is 0 Å². The summed E-state index contributed by atoms with van der Waals surface area (Å²) in [7, 11) is 0. The minimum atomic E-state index is 0.468. The monoisotopic (exact) mass is 250 g/mol. The first kappa shape index (κ1) is 11.6. The number of aryl methyl sites for hydroxylation is 2. The number of aromatic nitrogens is 3. The molecule has 0 bridgehead atoms. The molecule has 0 fully saturated rings. The number of nitrogens with zero attached hydrogens (tertiary/aromatic N) is 3. The molecule has 2 N–H and O–H groups in total. The summed E-state index contributed by atoms with van der Waals surface area (Å²) in [6.07, 6.45) is 0. The fourth-order valence-corrected chi connectivity index (χ4v) is 2.17. The van der Waals surface area contributed by atoms with Crippen LogP contribution in [0.3, 0.4) is 0 Å². The molecule has 2 heterocycles. The summed E-state index contributed by atoms with van der Waals surface area (Å²) in [5.41, 5.74) is 9.47. The SMILES string of the molecule is Cc1cc(N)nc(-c2cc(C)c3ccccc3n2)n1. The van der Waals surface area contributed by atoms with Gasteiger partial charge in [-0.05, 0) is 31.5 Å². The number of nitrogen functional groups attached to an aromatic ring is 1. The van der Waals surface area contributed by atoms with Gasteiger partial charge in [0, 0.05) is 17.1 Å². The molecule has 3 aromatic rings. The first-order chi connectivity index (χ1) is 9.13. The zero-order valence-electron chi connectivity index (χ0n) is 10.9. The lowest BCUT2D eigenvalue weighted by Gasteiger charge is -2.06. The Kier molecular flexibility index (Phi) is 2.63. The topological polar surface area (TPSA) is 64.7 Å². The number of fused-ring (bicyclic) bond motifs is 1. The molecule has 0 unspecified atom stereocenters. The van der Waals surface area contributed by atoms with Crippen LogP contribution < -0.4 is 5.73 Å². The fraction of sp³-hybridized carbons (Fsp3) is 0.133. The van der Waals surface area contributed by atoms with Crippen LogP contribution in [0, 0.1) is 13.8 Å².